The van der Waals surface area contributed by atoms with Crippen molar-refractivity contribution in [2.75, 3.05) is 26.3 Å². The van der Waals surface area contributed by atoms with E-state index in [0.717, 1.165) is 12.0 Å². The zero-order valence-electron chi connectivity index (χ0n) is 26.4. The number of amidine groups is 2. The molecule has 6 heterocycles. The van der Waals surface area contributed by atoms with Crippen LogP contribution in [0.2, 0.25) is 5.02 Å². The summed E-state index contributed by atoms with van der Waals surface area (Å²) in [6.45, 7) is 6.32. The van der Waals surface area contributed by atoms with E-state index in [-0.39, 0.29) is 61.6 Å². The number of benzene rings is 1. The number of halogens is 4. The number of ether oxygens (including phenoxy) is 2. The van der Waals surface area contributed by atoms with Crippen molar-refractivity contribution in [3.63, 3.8) is 0 Å². The largest absolute Gasteiger partial charge is 0.463 e. The fourth-order valence-electron chi connectivity index (χ4n) is 7.97. The van der Waals surface area contributed by atoms with Gasteiger partial charge in [-0.15, -0.1) is 0 Å². The minimum absolute atomic E-state index is 0.0183. The molecule has 5 atom stereocenters. The molecule has 3 fully saturated rings. The van der Waals surface area contributed by atoms with E-state index in [0.29, 0.717) is 58.8 Å². The van der Waals surface area contributed by atoms with Crippen LogP contribution in [0.1, 0.15) is 69.9 Å². The first-order chi connectivity index (χ1) is 22.4. The van der Waals surface area contributed by atoms with Gasteiger partial charge in [0, 0.05) is 47.3 Å². The van der Waals surface area contributed by atoms with Gasteiger partial charge < -0.3 is 25.0 Å². The number of carbonyl (C=O) groups is 1. The molecule has 1 aromatic heterocycles. The number of aromatic amines is 1. The van der Waals surface area contributed by atoms with Crippen molar-refractivity contribution in [3.8, 4) is 0 Å². The number of H-pyrrole nitrogens is 1. The minimum atomic E-state index is -2.85. The highest BCUT2D eigenvalue weighted by molar-refractivity contribution is 6.32. The molecule has 1 saturated heterocycles. The van der Waals surface area contributed by atoms with E-state index in [1.54, 1.807) is 25.4 Å². The summed E-state index contributed by atoms with van der Waals surface area (Å²) >= 11 is 6.91. The van der Waals surface area contributed by atoms with E-state index in [1.165, 1.54) is 0 Å². The molecule has 0 spiro atoms. The van der Waals surface area contributed by atoms with Gasteiger partial charge in [0.2, 0.25) is 0 Å². The summed E-state index contributed by atoms with van der Waals surface area (Å²) < 4.78 is 58.3. The molecule has 6 bridgehead atoms. The van der Waals surface area contributed by atoms with Crippen molar-refractivity contribution in [3.05, 3.63) is 46.0 Å². The van der Waals surface area contributed by atoms with Gasteiger partial charge in [-0.2, -0.15) is 10.1 Å². The summed E-state index contributed by atoms with van der Waals surface area (Å²) in [6, 6.07) is 1.42. The number of hydrogen-bond donors (Lipinski definition) is 3. The third-order valence-electron chi connectivity index (χ3n) is 10.6. The summed E-state index contributed by atoms with van der Waals surface area (Å²) in [5.74, 6) is -2.77. The second kappa shape index (κ2) is 10.6. The van der Waals surface area contributed by atoms with Crippen LogP contribution in [0.25, 0.3) is 16.6 Å². The van der Waals surface area contributed by atoms with Crippen LogP contribution < -0.4 is 10.6 Å². The van der Waals surface area contributed by atoms with Gasteiger partial charge in [-0.05, 0) is 62.0 Å². The number of fused-ring (bicyclic) bond motifs is 6. The second-order valence-electron chi connectivity index (χ2n) is 14.4. The minimum Gasteiger partial charge on any atom is -0.463 e. The first-order valence-electron chi connectivity index (χ1n) is 16.3. The van der Waals surface area contributed by atoms with E-state index >= 15 is 4.39 Å². The lowest BCUT2D eigenvalue weighted by molar-refractivity contribution is 0.0296. The number of aliphatic imine (C=N–C) groups is 2. The molecule has 0 radical (unpaired) electrons. The number of nitrogens with zero attached hydrogens (tertiary/aromatic N) is 4. The highest BCUT2D eigenvalue weighted by atomic mass is 35.5. The van der Waals surface area contributed by atoms with Crippen LogP contribution in [0, 0.1) is 17.3 Å². The molecule has 3 N–H and O–H groups in total. The van der Waals surface area contributed by atoms with E-state index in [1.807, 2.05) is 18.7 Å². The SMILES string of the molecule is CC(C)C[C@]1(COC2=NC3(C)C4=CNC(=C3F)c3c(c(Cl)cc5[nH]ncc35)[C@@H]3CC3CCOC(=O)N[C@@H]3CCN(C3)C4=N2)CC1(F)F. The monoisotopic (exact) mass is 671 g/mol. The predicted molar refractivity (Wildman–Crippen MR) is 171 cm³/mol. The van der Waals surface area contributed by atoms with Crippen LogP contribution in [0.4, 0.5) is 18.0 Å². The average molecular weight is 672 g/mol. The molecular weight excluding hydrogens is 635 g/mol. The fraction of sp³-hybridized carbons (Fsp3) is 0.576. The van der Waals surface area contributed by atoms with Gasteiger partial charge in [0.15, 0.2) is 5.83 Å². The number of rotatable bonds is 4. The Hall–Kier alpha value is -3.74. The summed E-state index contributed by atoms with van der Waals surface area (Å²) in [5, 5.41) is 14.5. The second-order valence-corrected chi connectivity index (χ2v) is 14.8. The Bertz CT molecular complexity index is 1800. The lowest BCUT2D eigenvalue weighted by Crippen LogP contribution is -2.47. The fourth-order valence-corrected chi connectivity index (χ4v) is 8.31. The molecule has 250 valence electrons. The quantitative estimate of drug-likeness (QED) is 0.353. The zero-order valence-corrected chi connectivity index (χ0v) is 27.2. The molecule has 7 aliphatic rings. The van der Waals surface area contributed by atoms with Crippen LogP contribution in [-0.2, 0) is 9.47 Å². The van der Waals surface area contributed by atoms with E-state index in [4.69, 9.17) is 31.1 Å². The lowest BCUT2D eigenvalue weighted by atomic mass is 9.83. The van der Waals surface area contributed by atoms with Gasteiger partial charge in [-0.3, -0.25) is 5.10 Å². The molecule has 10 nitrogen and oxygen atoms in total. The van der Waals surface area contributed by atoms with Crippen LogP contribution in [0.5, 0.6) is 0 Å². The Kier molecular flexibility index (Phi) is 6.92. The smallest absolute Gasteiger partial charge is 0.407 e. The molecule has 2 unspecified atom stereocenters. The third-order valence-corrected chi connectivity index (χ3v) is 10.9. The van der Waals surface area contributed by atoms with Gasteiger partial charge in [0.1, 0.15) is 18.0 Å². The number of alkyl carbamates (subject to hydrolysis) is 1. The topological polar surface area (TPSA) is 116 Å². The first kappa shape index (κ1) is 30.6. The Labute approximate surface area is 274 Å². The Morgan fingerprint density at radius 1 is 1.28 bits per heavy atom. The molecule has 47 heavy (non-hydrogen) atoms. The maximum absolute atomic E-state index is 17.4. The zero-order chi connectivity index (χ0) is 32.9. The van der Waals surface area contributed by atoms with Crippen molar-refractivity contribution >= 4 is 46.2 Å². The number of dihydropyridines is 1. The van der Waals surface area contributed by atoms with Crippen LogP contribution in [0.15, 0.2) is 39.8 Å². The van der Waals surface area contributed by atoms with Crippen molar-refractivity contribution < 1.29 is 27.4 Å². The highest BCUT2D eigenvalue weighted by Gasteiger charge is 2.71. The molecule has 1 aromatic carbocycles. The number of hydrogen-bond acceptors (Lipinski definition) is 8. The molecule has 2 aliphatic carbocycles. The number of aromatic nitrogens is 2. The summed E-state index contributed by atoms with van der Waals surface area (Å²) in [5.41, 5.74) is -0.217. The number of alkyl halides is 2. The first-order valence-corrected chi connectivity index (χ1v) is 16.7. The van der Waals surface area contributed by atoms with Crippen molar-refractivity contribution in [1.82, 2.24) is 25.7 Å². The molecule has 2 saturated carbocycles. The highest BCUT2D eigenvalue weighted by Crippen LogP contribution is 2.64. The maximum Gasteiger partial charge on any atom is 0.407 e. The molecule has 5 aliphatic heterocycles. The van der Waals surface area contributed by atoms with Crippen LogP contribution in [0.3, 0.4) is 0 Å². The van der Waals surface area contributed by atoms with Crippen LogP contribution in [-0.4, -0.2) is 76.9 Å². The molecule has 14 heteroatoms. The van der Waals surface area contributed by atoms with E-state index < -0.39 is 28.8 Å². The Morgan fingerprint density at radius 3 is 2.85 bits per heavy atom. The predicted octanol–water partition coefficient (Wildman–Crippen LogP) is 6.26. The lowest BCUT2D eigenvalue weighted by Gasteiger charge is -2.38. The Balaban J connectivity index is 1.25. The van der Waals surface area contributed by atoms with Crippen LogP contribution >= 0.6 is 11.6 Å². The summed E-state index contributed by atoms with van der Waals surface area (Å²) in [6.07, 6.45) is 4.94. The standard InChI is InChI=1S/C33H37ClF3N7O3/c1-16(2)10-32(14-33(32,36)37)15-47-29-41-28-21-12-38-26(27(35)31(21,3)42-29)25-20-11-39-43-23(20)9-22(34)24(25)19-8-17(19)5-7-46-30(45)40-18-4-6-44(28)13-18/h9,11-12,16-19,38H,4-8,10,13-15H2,1-3H3,(H,39,43)(H,40,45)/t17?,18-,19-,31?,32-/m1/s1. The van der Waals surface area contributed by atoms with E-state index in [2.05, 4.69) is 20.8 Å². The average Bonchev–Trinajstić information content (AvgIpc) is 3.64. The van der Waals surface area contributed by atoms with Gasteiger partial charge in [-0.1, -0.05) is 25.4 Å². The normalized spacial score (nSPS) is 32.4. The number of nitrogens with one attached hydrogen (secondary N) is 3. The van der Waals surface area contributed by atoms with Gasteiger partial charge in [-0.25, -0.2) is 23.0 Å². The Morgan fingerprint density at radius 2 is 2.09 bits per heavy atom. The van der Waals surface area contributed by atoms with Gasteiger partial charge in [0.05, 0.1) is 35.5 Å². The van der Waals surface area contributed by atoms with Crippen molar-refractivity contribution in [2.24, 2.45) is 27.2 Å². The number of carbonyl (C=O) groups excluding carboxylic acids is 1. The molecule has 1 amide bonds. The third kappa shape index (κ3) is 4.98. The van der Waals surface area contributed by atoms with E-state index in [9.17, 15) is 13.6 Å². The molecular formula is C33H37ClF3N7O3. The maximum atomic E-state index is 17.4. The van der Waals surface area contributed by atoms with Gasteiger partial charge >= 0.3 is 12.1 Å². The molecule has 2 aromatic rings. The number of amides is 1. The summed E-state index contributed by atoms with van der Waals surface area (Å²) in [4.78, 5) is 24.1. The van der Waals surface area contributed by atoms with Crippen molar-refractivity contribution in [1.29, 1.82) is 0 Å². The summed E-state index contributed by atoms with van der Waals surface area (Å²) in [7, 11) is 0. The van der Waals surface area contributed by atoms with Crippen molar-refractivity contribution in [2.45, 2.75) is 76.3 Å². The van der Waals surface area contributed by atoms with Gasteiger partial charge in [0.25, 0.3) is 5.92 Å². The molecule has 9 rings (SSSR count).